The highest BCUT2D eigenvalue weighted by Gasteiger charge is 2.37. The topological polar surface area (TPSA) is 72.5 Å². The molecule has 0 spiro atoms. The summed E-state index contributed by atoms with van der Waals surface area (Å²) < 4.78 is 29.6. The van der Waals surface area contributed by atoms with Crippen molar-refractivity contribution in [2.75, 3.05) is 18.9 Å². The summed E-state index contributed by atoms with van der Waals surface area (Å²) in [5, 5.41) is 3.23. The van der Waals surface area contributed by atoms with Crippen LogP contribution in [0.15, 0.2) is 29.2 Å². The fraction of sp³-hybridized carbons (Fsp3) is 0.533. The monoisotopic (exact) mass is 311 g/mol. The van der Waals surface area contributed by atoms with Crippen LogP contribution in [0.3, 0.4) is 0 Å². The summed E-state index contributed by atoms with van der Waals surface area (Å²) in [6.45, 7) is 4.40. The number of ether oxygens (including phenoxy) is 1. The molecule has 2 rings (SSSR count). The van der Waals surface area contributed by atoms with Gasteiger partial charge in [0.05, 0.1) is 23.2 Å². The van der Waals surface area contributed by atoms with Gasteiger partial charge in [-0.1, -0.05) is 25.1 Å². The number of benzene rings is 1. The third kappa shape index (κ3) is 3.27. The molecule has 0 aromatic heterocycles. The van der Waals surface area contributed by atoms with E-state index in [4.69, 9.17) is 4.74 Å². The quantitative estimate of drug-likeness (QED) is 0.838. The highest BCUT2D eigenvalue weighted by Crippen LogP contribution is 2.34. The van der Waals surface area contributed by atoms with Crippen molar-refractivity contribution in [2.24, 2.45) is 5.92 Å². The molecular weight excluding hydrogens is 290 g/mol. The number of nitrogens with one attached hydrogen (secondary N) is 1. The van der Waals surface area contributed by atoms with Gasteiger partial charge in [0, 0.05) is 6.04 Å². The lowest BCUT2D eigenvalue weighted by Gasteiger charge is -2.21. The van der Waals surface area contributed by atoms with Crippen LogP contribution < -0.4 is 5.32 Å². The SMILES string of the molecule is CCOC(=O)C1CCNC1c1ccccc1S(=O)(=O)CC. The van der Waals surface area contributed by atoms with E-state index in [1.807, 2.05) is 0 Å². The second kappa shape index (κ2) is 6.58. The van der Waals surface area contributed by atoms with Crippen LogP contribution in [0.1, 0.15) is 31.9 Å². The third-order valence-corrected chi connectivity index (χ3v) is 5.58. The average molecular weight is 311 g/mol. The number of carbonyl (C=O) groups is 1. The minimum atomic E-state index is -3.32. The summed E-state index contributed by atoms with van der Waals surface area (Å²) in [4.78, 5) is 12.4. The summed E-state index contributed by atoms with van der Waals surface area (Å²) in [7, 11) is -3.32. The Kier molecular flexibility index (Phi) is 5.00. The minimum Gasteiger partial charge on any atom is -0.466 e. The van der Waals surface area contributed by atoms with Crippen LogP contribution >= 0.6 is 0 Å². The maximum absolute atomic E-state index is 12.2. The van der Waals surface area contributed by atoms with Gasteiger partial charge in [-0.3, -0.25) is 4.79 Å². The van der Waals surface area contributed by atoms with Crippen molar-refractivity contribution >= 4 is 15.8 Å². The molecule has 1 aliphatic rings. The minimum absolute atomic E-state index is 0.0425. The van der Waals surface area contributed by atoms with Crippen LogP contribution in [0, 0.1) is 5.92 Å². The van der Waals surface area contributed by atoms with Gasteiger partial charge in [-0.15, -0.1) is 0 Å². The normalized spacial score (nSPS) is 22.2. The van der Waals surface area contributed by atoms with E-state index < -0.39 is 9.84 Å². The smallest absolute Gasteiger partial charge is 0.310 e. The maximum atomic E-state index is 12.2. The molecule has 1 aromatic rings. The van der Waals surface area contributed by atoms with Crippen molar-refractivity contribution in [2.45, 2.75) is 31.2 Å². The van der Waals surface area contributed by atoms with Gasteiger partial charge < -0.3 is 10.1 Å². The Labute approximate surface area is 125 Å². The molecule has 21 heavy (non-hydrogen) atoms. The van der Waals surface area contributed by atoms with Gasteiger partial charge in [0.25, 0.3) is 0 Å². The first-order chi connectivity index (χ1) is 10.0. The standard InChI is InChI=1S/C15H21NO4S/c1-3-20-15(17)12-9-10-16-14(12)11-7-5-6-8-13(11)21(18,19)4-2/h5-8,12,14,16H,3-4,9-10H2,1-2H3. The van der Waals surface area contributed by atoms with E-state index in [0.717, 1.165) is 0 Å². The van der Waals surface area contributed by atoms with Crippen LogP contribution in [0.25, 0.3) is 0 Å². The fourth-order valence-electron chi connectivity index (χ4n) is 2.71. The van der Waals surface area contributed by atoms with Crippen molar-refractivity contribution in [1.82, 2.24) is 5.32 Å². The Morgan fingerprint density at radius 3 is 2.71 bits per heavy atom. The zero-order valence-electron chi connectivity index (χ0n) is 12.3. The second-order valence-corrected chi connectivity index (χ2v) is 7.27. The predicted molar refractivity (Wildman–Crippen MR) is 79.7 cm³/mol. The summed E-state index contributed by atoms with van der Waals surface area (Å²) >= 11 is 0. The molecule has 0 aliphatic carbocycles. The molecule has 0 amide bonds. The predicted octanol–water partition coefficient (Wildman–Crippen LogP) is 1.69. The molecule has 1 aromatic carbocycles. The Hall–Kier alpha value is -1.40. The van der Waals surface area contributed by atoms with E-state index in [2.05, 4.69) is 5.32 Å². The molecule has 2 unspecified atom stereocenters. The van der Waals surface area contributed by atoms with Gasteiger partial charge in [0.15, 0.2) is 9.84 Å². The van der Waals surface area contributed by atoms with Crippen molar-refractivity contribution in [3.8, 4) is 0 Å². The summed E-state index contributed by atoms with van der Waals surface area (Å²) in [5.74, 6) is -0.560. The van der Waals surface area contributed by atoms with E-state index >= 15 is 0 Å². The Balaban J connectivity index is 2.40. The number of esters is 1. The van der Waals surface area contributed by atoms with E-state index in [1.54, 1.807) is 38.1 Å². The largest absolute Gasteiger partial charge is 0.466 e. The van der Waals surface area contributed by atoms with Crippen molar-refractivity contribution in [1.29, 1.82) is 0 Å². The first-order valence-corrected chi connectivity index (χ1v) is 8.88. The van der Waals surface area contributed by atoms with Crippen molar-refractivity contribution in [3.63, 3.8) is 0 Å². The lowest BCUT2D eigenvalue weighted by atomic mass is 9.94. The lowest BCUT2D eigenvalue weighted by molar-refractivity contribution is -0.148. The van der Waals surface area contributed by atoms with E-state index in [-0.39, 0.29) is 23.7 Å². The summed E-state index contributed by atoms with van der Waals surface area (Å²) in [5.41, 5.74) is 0.662. The molecule has 1 saturated heterocycles. The molecule has 0 saturated carbocycles. The number of hydrogen-bond donors (Lipinski definition) is 1. The van der Waals surface area contributed by atoms with E-state index in [9.17, 15) is 13.2 Å². The summed E-state index contributed by atoms with van der Waals surface area (Å²) in [6, 6.07) is 6.59. The summed E-state index contributed by atoms with van der Waals surface area (Å²) in [6.07, 6.45) is 0.657. The van der Waals surface area contributed by atoms with Gasteiger partial charge in [-0.05, 0) is 31.5 Å². The first kappa shape index (κ1) is 16.0. The molecule has 6 heteroatoms. The van der Waals surface area contributed by atoms with Crippen molar-refractivity contribution < 1.29 is 17.9 Å². The fourth-order valence-corrected chi connectivity index (χ4v) is 3.86. The van der Waals surface area contributed by atoms with Gasteiger partial charge in [-0.2, -0.15) is 0 Å². The molecule has 116 valence electrons. The van der Waals surface area contributed by atoms with E-state index in [1.165, 1.54) is 0 Å². The number of sulfone groups is 1. The van der Waals surface area contributed by atoms with Crippen LogP contribution in [0.2, 0.25) is 0 Å². The van der Waals surface area contributed by atoms with Crippen LogP contribution in [-0.2, 0) is 19.4 Å². The molecule has 1 N–H and O–H groups in total. The van der Waals surface area contributed by atoms with Gasteiger partial charge in [0.2, 0.25) is 0 Å². The van der Waals surface area contributed by atoms with Crippen molar-refractivity contribution in [3.05, 3.63) is 29.8 Å². The van der Waals surface area contributed by atoms with Gasteiger partial charge in [0.1, 0.15) is 0 Å². The Morgan fingerprint density at radius 2 is 2.05 bits per heavy atom. The molecule has 0 radical (unpaired) electrons. The van der Waals surface area contributed by atoms with Gasteiger partial charge >= 0.3 is 5.97 Å². The molecular formula is C15H21NO4S. The second-order valence-electron chi connectivity index (χ2n) is 5.02. The number of rotatable bonds is 5. The Morgan fingerprint density at radius 1 is 1.33 bits per heavy atom. The third-order valence-electron chi connectivity index (χ3n) is 3.78. The van der Waals surface area contributed by atoms with Gasteiger partial charge in [-0.25, -0.2) is 8.42 Å². The molecule has 5 nitrogen and oxygen atoms in total. The van der Waals surface area contributed by atoms with E-state index in [0.29, 0.717) is 30.0 Å². The zero-order chi connectivity index (χ0) is 15.5. The zero-order valence-corrected chi connectivity index (χ0v) is 13.2. The van der Waals surface area contributed by atoms with Crippen LogP contribution in [-0.4, -0.2) is 33.3 Å². The molecule has 1 heterocycles. The molecule has 2 atom stereocenters. The molecule has 1 fully saturated rings. The number of hydrogen-bond acceptors (Lipinski definition) is 5. The van der Waals surface area contributed by atoms with Crippen LogP contribution in [0.5, 0.6) is 0 Å². The highest BCUT2D eigenvalue weighted by atomic mass is 32.2. The Bertz CT molecular complexity index is 612. The van der Waals surface area contributed by atoms with Crippen LogP contribution in [0.4, 0.5) is 0 Å². The lowest BCUT2D eigenvalue weighted by Crippen LogP contribution is -2.27. The molecule has 1 aliphatic heterocycles. The highest BCUT2D eigenvalue weighted by molar-refractivity contribution is 7.91. The number of carbonyl (C=O) groups excluding carboxylic acids is 1. The maximum Gasteiger partial charge on any atom is 0.310 e. The average Bonchev–Trinajstić information content (AvgIpc) is 2.97. The molecule has 0 bridgehead atoms. The first-order valence-electron chi connectivity index (χ1n) is 7.23.